The number of nitrogens with zero attached hydrogens (tertiary/aromatic N) is 3. The number of nitrogens with one attached hydrogen (secondary N) is 1. The Labute approximate surface area is 138 Å². The fourth-order valence-electron chi connectivity index (χ4n) is 2.24. The summed E-state index contributed by atoms with van der Waals surface area (Å²) in [6.45, 7) is 0. The van der Waals surface area contributed by atoms with E-state index in [0.29, 0.717) is 17.9 Å². The van der Waals surface area contributed by atoms with Gasteiger partial charge in [0, 0.05) is 24.9 Å². The molecule has 3 aromatic rings. The predicted molar refractivity (Wildman–Crippen MR) is 91.5 cm³/mol. The minimum absolute atomic E-state index is 0.123. The van der Waals surface area contributed by atoms with Crippen molar-refractivity contribution in [1.82, 2.24) is 14.8 Å². The van der Waals surface area contributed by atoms with Gasteiger partial charge in [-0.1, -0.05) is 30.3 Å². The molecule has 0 aliphatic heterocycles. The lowest BCUT2D eigenvalue weighted by Gasteiger charge is -2.06. The molecular weight excluding hydrogens is 304 g/mol. The summed E-state index contributed by atoms with van der Waals surface area (Å²) in [7, 11) is 1.59. The fourth-order valence-corrected chi connectivity index (χ4v) is 2.24. The molecule has 6 nitrogen and oxygen atoms in total. The molecule has 0 fully saturated rings. The highest BCUT2D eigenvalue weighted by Gasteiger charge is 2.06. The van der Waals surface area contributed by atoms with Crippen molar-refractivity contribution >= 4 is 11.7 Å². The van der Waals surface area contributed by atoms with E-state index < -0.39 is 0 Å². The fraction of sp³-hybridized carbons (Fsp3) is 0.111. The Morgan fingerprint density at radius 2 is 1.88 bits per heavy atom. The minimum atomic E-state index is -0.170. The normalized spacial score (nSPS) is 10.4. The van der Waals surface area contributed by atoms with Gasteiger partial charge in [0.2, 0.25) is 5.91 Å². The maximum absolute atomic E-state index is 12.0. The topological polar surface area (TPSA) is 76.9 Å². The molecule has 24 heavy (non-hydrogen) atoms. The zero-order valence-electron chi connectivity index (χ0n) is 13.1. The number of benzene rings is 1. The molecule has 0 radical (unpaired) electrons. The number of aryl methyl sites for hydroxylation is 1. The van der Waals surface area contributed by atoms with Crippen LogP contribution in [0.15, 0.2) is 65.6 Å². The number of hydrogen-bond donors (Lipinski definition) is 1. The van der Waals surface area contributed by atoms with Gasteiger partial charge in [-0.15, -0.1) is 0 Å². The van der Waals surface area contributed by atoms with Gasteiger partial charge in [-0.25, -0.2) is 9.67 Å². The Hall–Kier alpha value is -3.28. The van der Waals surface area contributed by atoms with Crippen LogP contribution >= 0.6 is 0 Å². The van der Waals surface area contributed by atoms with E-state index >= 15 is 0 Å². The van der Waals surface area contributed by atoms with Gasteiger partial charge in [0.15, 0.2) is 0 Å². The summed E-state index contributed by atoms with van der Waals surface area (Å²) in [5, 5.41) is 6.93. The first kappa shape index (κ1) is 15.6. The number of carbonyl (C=O) groups is 1. The van der Waals surface area contributed by atoms with Gasteiger partial charge in [0.1, 0.15) is 5.82 Å². The van der Waals surface area contributed by atoms with Crippen molar-refractivity contribution in [3.8, 4) is 11.3 Å². The molecule has 120 valence electrons. The van der Waals surface area contributed by atoms with Crippen LogP contribution in [-0.4, -0.2) is 20.7 Å². The summed E-state index contributed by atoms with van der Waals surface area (Å²) in [4.78, 5) is 27.6. The average Bonchev–Trinajstić information content (AvgIpc) is 2.59. The molecule has 0 aliphatic rings. The van der Waals surface area contributed by atoms with Crippen LogP contribution in [0.25, 0.3) is 11.3 Å². The molecule has 0 saturated heterocycles. The molecule has 2 heterocycles. The summed E-state index contributed by atoms with van der Waals surface area (Å²) in [6.07, 6.45) is 1.91. The zero-order valence-corrected chi connectivity index (χ0v) is 13.1. The number of hydrogen-bond acceptors (Lipinski definition) is 4. The lowest BCUT2D eigenvalue weighted by Crippen LogP contribution is -2.18. The van der Waals surface area contributed by atoms with Gasteiger partial charge < -0.3 is 5.32 Å². The van der Waals surface area contributed by atoms with Gasteiger partial charge in [0.05, 0.1) is 12.1 Å². The lowest BCUT2D eigenvalue weighted by atomic mass is 10.1. The number of anilines is 1. The minimum Gasteiger partial charge on any atom is -0.310 e. The maximum atomic E-state index is 12.0. The molecule has 0 aliphatic carbocycles. The standard InChI is InChI=1S/C18H16N4O2/c1-22-18(24)10-8-15(21-22)14-7-9-16(19-12-14)20-17(23)11-13-5-3-2-4-6-13/h2-10,12H,11H2,1H3,(H,19,20,23). The van der Waals surface area contributed by atoms with Crippen molar-refractivity contribution in [2.24, 2.45) is 7.05 Å². The van der Waals surface area contributed by atoms with E-state index in [2.05, 4.69) is 15.4 Å². The highest BCUT2D eigenvalue weighted by Crippen LogP contribution is 2.16. The molecule has 0 atom stereocenters. The van der Waals surface area contributed by atoms with Crippen LogP contribution in [0.5, 0.6) is 0 Å². The largest absolute Gasteiger partial charge is 0.310 e. The van der Waals surface area contributed by atoms with Crippen molar-refractivity contribution in [2.75, 3.05) is 5.32 Å². The number of rotatable bonds is 4. The van der Waals surface area contributed by atoms with Crippen LogP contribution in [0.1, 0.15) is 5.56 Å². The number of carbonyl (C=O) groups excluding carboxylic acids is 1. The molecule has 2 aromatic heterocycles. The van der Waals surface area contributed by atoms with Gasteiger partial charge in [-0.2, -0.15) is 5.10 Å². The lowest BCUT2D eigenvalue weighted by molar-refractivity contribution is -0.115. The van der Waals surface area contributed by atoms with E-state index in [9.17, 15) is 9.59 Å². The first-order chi connectivity index (χ1) is 11.6. The molecule has 0 saturated carbocycles. The second-order valence-electron chi connectivity index (χ2n) is 5.32. The summed E-state index contributed by atoms with van der Waals surface area (Å²) in [5.41, 5.74) is 2.19. The van der Waals surface area contributed by atoms with Crippen LogP contribution < -0.4 is 10.9 Å². The average molecular weight is 320 g/mol. The van der Waals surface area contributed by atoms with Crippen molar-refractivity contribution in [2.45, 2.75) is 6.42 Å². The van der Waals surface area contributed by atoms with Gasteiger partial charge in [0.25, 0.3) is 5.56 Å². The highest BCUT2D eigenvalue weighted by atomic mass is 16.1. The number of pyridine rings is 1. The second-order valence-corrected chi connectivity index (χ2v) is 5.32. The summed E-state index contributed by atoms with van der Waals surface area (Å²) in [5.74, 6) is 0.353. The molecule has 0 spiro atoms. The first-order valence-electron chi connectivity index (χ1n) is 7.46. The Morgan fingerprint density at radius 1 is 1.08 bits per heavy atom. The Kier molecular flexibility index (Phi) is 4.47. The molecule has 1 N–H and O–H groups in total. The molecule has 3 rings (SSSR count). The molecule has 0 unspecified atom stereocenters. The first-order valence-corrected chi connectivity index (χ1v) is 7.46. The molecular formula is C18H16N4O2. The highest BCUT2D eigenvalue weighted by molar-refractivity contribution is 5.91. The van der Waals surface area contributed by atoms with Crippen molar-refractivity contribution < 1.29 is 4.79 Å². The van der Waals surface area contributed by atoms with E-state index in [0.717, 1.165) is 11.1 Å². The second kappa shape index (κ2) is 6.87. The molecule has 6 heteroatoms. The van der Waals surface area contributed by atoms with Crippen LogP contribution in [0, 0.1) is 0 Å². The quantitative estimate of drug-likeness (QED) is 0.798. The molecule has 1 amide bonds. The van der Waals surface area contributed by atoms with Crippen molar-refractivity contribution in [3.63, 3.8) is 0 Å². The Bertz CT molecular complexity index is 902. The maximum Gasteiger partial charge on any atom is 0.266 e. The Balaban J connectivity index is 1.69. The van der Waals surface area contributed by atoms with E-state index in [4.69, 9.17) is 0 Å². The van der Waals surface area contributed by atoms with Crippen molar-refractivity contribution in [1.29, 1.82) is 0 Å². The van der Waals surface area contributed by atoms with Gasteiger partial charge >= 0.3 is 0 Å². The van der Waals surface area contributed by atoms with Gasteiger partial charge in [-0.05, 0) is 23.8 Å². The Morgan fingerprint density at radius 3 is 2.54 bits per heavy atom. The summed E-state index contributed by atoms with van der Waals surface area (Å²) in [6, 6.07) is 16.1. The van der Waals surface area contributed by atoms with Gasteiger partial charge in [-0.3, -0.25) is 9.59 Å². The van der Waals surface area contributed by atoms with Crippen LogP contribution in [0.4, 0.5) is 5.82 Å². The number of amides is 1. The molecule has 1 aromatic carbocycles. The third kappa shape index (κ3) is 3.73. The monoisotopic (exact) mass is 320 g/mol. The van der Waals surface area contributed by atoms with E-state index in [1.165, 1.54) is 10.7 Å². The SMILES string of the molecule is Cn1nc(-c2ccc(NC(=O)Cc3ccccc3)nc2)ccc1=O. The smallest absolute Gasteiger partial charge is 0.266 e. The third-order valence-corrected chi connectivity index (χ3v) is 3.49. The van der Waals surface area contributed by atoms with Crippen molar-refractivity contribution in [3.05, 3.63) is 76.7 Å². The van der Waals surface area contributed by atoms with Crippen LogP contribution in [-0.2, 0) is 18.3 Å². The number of aromatic nitrogens is 3. The van der Waals surface area contributed by atoms with E-state index in [1.807, 2.05) is 30.3 Å². The summed E-state index contributed by atoms with van der Waals surface area (Å²) >= 11 is 0. The van der Waals surface area contributed by atoms with E-state index in [-0.39, 0.29) is 11.5 Å². The summed E-state index contributed by atoms with van der Waals surface area (Å²) < 4.78 is 1.27. The van der Waals surface area contributed by atoms with E-state index in [1.54, 1.807) is 31.4 Å². The van der Waals surface area contributed by atoms with Crippen LogP contribution in [0.3, 0.4) is 0 Å². The zero-order chi connectivity index (χ0) is 16.9. The van der Waals surface area contributed by atoms with Crippen LogP contribution in [0.2, 0.25) is 0 Å². The molecule has 0 bridgehead atoms. The predicted octanol–water partition coefficient (Wildman–Crippen LogP) is 2.02. The third-order valence-electron chi connectivity index (χ3n) is 3.49.